The Hall–Kier alpha value is -1.95. The van der Waals surface area contributed by atoms with Crippen molar-refractivity contribution in [2.75, 3.05) is 5.75 Å². The molecular formula is C13H14N2O3S. The van der Waals surface area contributed by atoms with Gasteiger partial charge in [0.05, 0.1) is 16.8 Å². The molecule has 0 aliphatic heterocycles. The second-order valence-electron chi connectivity index (χ2n) is 4.20. The first-order chi connectivity index (χ1) is 8.97. The summed E-state index contributed by atoms with van der Waals surface area (Å²) in [6.45, 7) is 4.78. The van der Waals surface area contributed by atoms with Gasteiger partial charge in [-0.1, -0.05) is 18.2 Å². The van der Waals surface area contributed by atoms with Gasteiger partial charge in [-0.25, -0.2) is 13.4 Å². The molecule has 2 rings (SSSR count). The number of sulfone groups is 1. The van der Waals surface area contributed by atoms with Gasteiger partial charge < -0.3 is 0 Å². The molecule has 19 heavy (non-hydrogen) atoms. The Balaban J connectivity index is 2.42. The third-order valence-electron chi connectivity index (χ3n) is 2.93. The van der Waals surface area contributed by atoms with E-state index in [2.05, 4.69) is 11.6 Å². The molecule has 5 nitrogen and oxygen atoms in total. The van der Waals surface area contributed by atoms with Crippen molar-refractivity contribution in [1.82, 2.24) is 9.55 Å². The van der Waals surface area contributed by atoms with Crippen LogP contribution < -0.4 is 0 Å². The highest BCUT2D eigenvalue weighted by atomic mass is 32.2. The molecule has 0 aliphatic rings. The van der Waals surface area contributed by atoms with E-state index in [1.807, 2.05) is 6.07 Å². The minimum atomic E-state index is -3.52. The number of aromatic nitrogens is 2. The van der Waals surface area contributed by atoms with E-state index in [9.17, 15) is 13.2 Å². The van der Waals surface area contributed by atoms with Crippen LogP contribution in [0.3, 0.4) is 0 Å². The van der Waals surface area contributed by atoms with Gasteiger partial charge >= 0.3 is 0 Å². The van der Waals surface area contributed by atoms with Gasteiger partial charge in [0, 0.05) is 0 Å². The Morgan fingerprint density at radius 2 is 2.16 bits per heavy atom. The molecule has 6 heteroatoms. The summed E-state index contributed by atoms with van der Waals surface area (Å²) in [5.74, 6) is -0.720. The van der Waals surface area contributed by atoms with Gasteiger partial charge in [-0.2, -0.15) is 0 Å². The van der Waals surface area contributed by atoms with Crippen LogP contribution in [0.5, 0.6) is 0 Å². The number of rotatable bonds is 4. The Morgan fingerprint density at radius 1 is 1.47 bits per heavy atom. The van der Waals surface area contributed by atoms with Crippen molar-refractivity contribution in [2.45, 2.75) is 12.2 Å². The number of benzene rings is 1. The Bertz CT molecular complexity index is 731. The van der Waals surface area contributed by atoms with E-state index in [-0.39, 0.29) is 5.75 Å². The third-order valence-corrected chi connectivity index (χ3v) is 4.91. The Kier molecular flexibility index (Phi) is 3.53. The van der Waals surface area contributed by atoms with E-state index in [4.69, 9.17) is 0 Å². The molecule has 1 aromatic carbocycles. The third kappa shape index (κ3) is 2.44. The molecule has 0 bridgehead atoms. The van der Waals surface area contributed by atoms with Crippen molar-refractivity contribution in [3.63, 3.8) is 0 Å². The number of fused-ring (bicyclic) bond motifs is 1. The lowest BCUT2D eigenvalue weighted by Crippen LogP contribution is -2.32. The van der Waals surface area contributed by atoms with Crippen LogP contribution in [0.1, 0.15) is 11.7 Å². The molecule has 2 aromatic rings. The number of hydrogen-bond acceptors (Lipinski definition) is 4. The van der Waals surface area contributed by atoms with Crippen molar-refractivity contribution >= 4 is 26.8 Å². The fourth-order valence-corrected chi connectivity index (χ4v) is 2.83. The van der Waals surface area contributed by atoms with Gasteiger partial charge in [0.2, 0.25) is 5.91 Å². The van der Waals surface area contributed by atoms with E-state index in [0.29, 0.717) is 11.0 Å². The predicted octanol–water partition coefficient (Wildman–Crippen LogP) is 1.67. The normalized spacial score (nSPS) is 13.3. The number of carbonyl (C=O) groups excluding carboxylic acids is 1. The lowest BCUT2D eigenvalue weighted by molar-refractivity contribution is 0.0917. The van der Waals surface area contributed by atoms with Crippen LogP contribution in [0.15, 0.2) is 43.2 Å². The summed E-state index contributed by atoms with van der Waals surface area (Å²) >= 11 is 0. The maximum atomic E-state index is 12.3. The summed E-state index contributed by atoms with van der Waals surface area (Å²) in [6, 6.07) is 7.08. The highest BCUT2D eigenvalue weighted by molar-refractivity contribution is 7.92. The topological polar surface area (TPSA) is 69.0 Å². The number of hydrogen-bond donors (Lipinski definition) is 0. The maximum Gasteiger partial charge on any atom is 0.250 e. The Labute approximate surface area is 111 Å². The van der Waals surface area contributed by atoms with Gasteiger partial charge in [-0.05, 0) is 19.1 Å². The quantitative estimate of drug-likeness (QED) is 0.798. The zero-order chi connectivity index (χ0) is 14.0. The summed E-state index contributed by atoms with van der Waals surface area (Å²) < 4.78 is 25.0. The zero-order valence-electron chi connectivity index (χ0n) is 10.5. The van der Waals surface area contributed by atoms with Crippen molar-refractivity contribution in [3.8, 4) is 0 Å². The molecule has 0 spiro atoms. The first-order valence-electron chi connectivity index (χ1n) is 5.76. The molecule has 1 heterocycles. The smallest absolute Gasteiger partial charge is 0.250 e. The summed E-state index contributed by atoms with van der Waals surface area (Å²) in [5, 5.41) is -1.12. The standard InChI is InChI=1S/C13H14N2O3S/c1-3-8-19(17,18)10(2)13(16)15-9-14-11-6-4-5-7-12(11)15/h3-7,9-10H,1,8H2,2H3. The van der Waals surface area contributed by atoms with Crippen molar-refractivity contribution in [2.24, 2.45) is 0 Å². The Morgan fingerprint density at radius 3 is 2.84 bits per heavy atom. The number of nitrogens with zero attached hydrogens (tertiary/aromatic N) is 2. The van der Waals surface area contributed by atoms with Crippen LogP contribution >= 0.6 is 0 Å². The fourth-order valence-electron chi connectivity index (χ4n) is 1.79. The summed E-state index contributed by atoms with van der Waals surface area (Å²) in [5.41, 5.74) is 1.26. The molecule has 0 N–H and O–H groups in total. The minimum Gasteiger partial charge on any atom is -0.273 e. The lowest BCUT2D eigenvalue weighted by Gasteiger charge is -2.11. The van der Waals surface area contributed by atoms with Crippen LogP contribution in [-0.4, -0.2) is 34.9 Å². The molecule has 1 aromatic heterocycles. The van der Waals surface area contributed by atoms with Crippen molar-refractivity contribution in [3.05, 3.63) is 43.2 Å². The van der Waals surface area contributed by atoms with E-state index >= 15 is 0 Å². The van der Waals surface area contributed by atoms with E-state index in [0.717, 1.165) is 0 Å². The number of carbonyl (C=O) groups is 1. The van der Waals surface area contributed by atoms with Crippen LogP contribution in [0.4, 0.5) is 0 Å². The van der Waals surface area contributed by atoms with Gasteiger partial charge in [-0.3, -0.25) is 9.36 Å². The van der Waals surface area contributed by atoms with Crippen molar-refractivity contribution in [1.29, 1.82) is 0 Å². The minimum absolute atomic E-state index is 0.216. The van der Waals surface area contributed by atoms with E-state index in [1.54, 1.807) is 18.2 Å². The average molecular weight is 278 g/mol. The number of para-hydroxylation sites is 2. The highest BCUT2D eigenvalue weighted by Crippen LogP contribution is 2.14. The molecular weight excluding hydrogens is 264 g/mol. The largest absolute Gasteiger partial charge is 0.273 e. The second-order valence-corrected chi connectivity index (χ2v) is 6.57. The lowest BCUT2D eigenvalue weighted by atomic mass is 10.3. The zero-order valence-corrected chi connectivity index (χ0v) is 11.3. The van der Waals surface area contributed by atoms with E-state index in [1.165, 1.54) is 23.9 Å². The maximum absolute atomic E-state index is 12.3. The molecule has 0 aliphatic carbocycles. The van der Waals surface area contributed by atoms with Crippen LogP contribution in [0, 0.1) is 0 Å². The highest BCUT2D eigenvalue weighted by Gasteiger charge is 2.28. The van der Waals surface area contributed by atoms with Crippen LogP contribution in [0.25, 0.3) is 11.0 Å². The van der Waals surface area contributed by atoms with Crippen LogP contribution in [-0.2, 0) is 9.84 Å². The molecule has 0 fully saturated rings. The van der Waals surface area contributed by atoms with E-state index < -0.39 is 21.0 Å². The van der Waals surface area contributed by atoms with Gasteiger partial charge in [-0.15, -0.1) is 6.58 Å². The van der Waals surface area contributed by atoms with Gasteiger partial charge in [0.1, 0.15) is 11.6 Å². The molecule has 0 saturated heterocycles. The first-order valence-corrected chi connectivity index (χ1v) is 7.47. The molecule has 0 saturated carbocycles. The average Bonchev–Trinajstić information content (AvgIpc) is 2.80. The summed E-state index contributed by atoms with van der Waals surface area (Å²) in [4.78, 5) is 16.3. The van der Waals surface area contributed by atoms with Gasteiger partial charge in [0.25, 0.3) is 0 Å². The molecule has 1 unspecified atom stereocenters. The van der Waals surface area contributed by atoms with Crippen molar-refractivity contribution < 1.29 is 13.2 Å². The molecule has 1 atom stereocenters. The molecule has 0 radical (unpaired) electrons. The summed E-state index contributed by atoms with van der Waals surface area (Å²) in [7, 11) is -3.52. The molecule has 0 amide bonds. The fraction of sp³-hybridized carbons (Fsp3) is 0.231. The van der Waals surface area contributed by atoms with Crippen LogP contribution in [0.2, 0.25) is 0 Å². The van der Waals surface area contributed by atoms with Gasteiger partial charge in [0.15, 0.2) is 9.84 Å². The molecule has 100 valence electrons. The number of imidazole rings is 1. The summed E-state index contributed by atoms with van der Waals surface area (Å²) in [6.07, 6.45) is 2.64. The first kappa shape index (κ1) is 13.5. The second kappa shape index (κ2) is 4.97. The predicted molar refractivity (Wildman–Crippen MR) is 73.8 cm³/mol. The monoisotopic (exact) mass is 278 g/mol. The SMILES string of the molecule is C=CCS(=O)(=O)C(C)C(=O)n1cnc2ccccc21.